The van der Waals surface area contributed by atoms with Crippen molar-refractivity contribution >= 4 is 19.9 Å². The highest BCUT2D eigenvalue weighted by Gasteiger charge is 2.40. The van der Waals surface area contributed by atoms with E-state index in [4.69, 9.17) is 16.0 Å². The minimum absolute atomic E-state index is 0.369. The molecule has 0 N–H and O–H groups in total. The van der Waals surface area contributed by atoms with Crippen LogP contribution in [-0.4, -0.2) is 8.32 Å². The molecule has 0 amide bonds. The molecule has 0 aliphatic rings. The highest BCUT2D eigenvalue weighted by molar-refractivity contribution is 6.69. The molecular weight excluding hydrogens is 252 g/mol. The van der Waals surface area contributed by atoms with Crippen molar-refractivity contribution in [3.63, 3.8) is 0 Å². The molecule has 0 heterocycles. The summed E-state index contributed by atoms with van der Waals surface area (Å²) >= 11 is 6.03. The van der Waals surface area contributed by atoms with Gasteiger partial charge >= 0.3 is 0 Å². The fourth-order valence-electron chi connectivity index (χ4n) is 1.45. The zero-order chi connectivity index (χ0) is 13.1. The maximum absolute atomic E-state index is 9.28. The molecule has 0 fully saturated rings. The summed E-state index contributed by atoms with van der Waals surface area (Å²) in [6, 6.07) is 10.7. The topological polar surface area (TPSA) is 56.8 Å². The fourth-order valence-corrected chi connectivity index (χ4v) is 2.84. The number of nitriles is 2. The van der Waals surface area contributed by atoms with E-state index in [1.807, 2.05) is 31.8 Å². The Morgan fingerprint density at radius 1 is 1.18 bits per heavy atom. The zero-order valence-corrected chi connectivity index (χ0v) is 11.7. The summed E-state index contributed by atoms with van der Waals surface area (Å²) in [5, 5.41) is 18.9. The highest BCUT2D eigenvalue weighted by atomic mass is 35.5. The first kappa shape index (κ1) is 13.7. The van der Waals surface area contributed by atoms with Crippen LogP contribution in [0.1, 0.15) is 5.56 Å². The second-order valence-corrected chi connectivity index (χ2v) is 9.44. The van der Waals surface area contributed by atoms with Crippen LogP contribution in [0.2, 0.25) is 24.7 Å². The van der Waals surface area contributed by atoms with Gasteiger partial charge in [0.25, 0.3) is 5.60 Å². The molecule has 0 atom stereocenters. The van der Waals surface area contributed by atoms with Gasteiger partial charge in [-0.3, -0.25) is 0 Å². The molecule has 0 spiro atoms. The largest absolute Gasteiger partial charge is 0.386 e. The molecule has 0 bridgehead atoms. The first-order valence-corrected chi connectivity index (χ1v) is 8.91. The maximum atomic E-state index is 9.28. The molecule has 3 nitrogen and oxygen atoms in total. The molecule has 0 saturated heterocycles. The molecule has 0 aliphatic carbocycles. The SMILES string of the molecule is C[Si](C)(C)OC(C#N)(C#N)c1ccccc1Cl. The standard InChI is InChI=1S/C12H13ClN2OSi/c1-17(2,3)16-12(8-14,9-15)10-6-4-5-7-11(10)13/h4-7H,1-3H3. The predicted molar refractivity (Wildman–Crippen MR) is 68.8 cm³/mol. The van der Waals surface area contributed by atoms with Crippen LogP contribution >= 0.6 is 11.6 Å². The Morgan fingerprint density at radius 3 is 2.12 bits per heavy atom. The summed E-state index contributed by atoms with van der Waals surface area (Å²) < 4.78 is 5.72. The Hall–Kier alpha value is -1.33. The molecule has 1 aromatic rings. The van der Waals surface area contributed by atoms with E-state index in [0.717, 1.165) is 0 Å². The molecule has 88 valence electrons. The summed E-state index contributed by atoms with van der Waals surface area (Å²) in [5.74, 6) is 0. The van der Waals surface area contributed by atoms with Gasteiger partial charge in [0, 0.05) is 10.6 Å². The smallest absolute Gasteiger partial charge is 0.259 e. The Bertz CT molecular complexity index is 482. The van der Waals surface area contributed by atoms with E-state index in [2.05, 4.69) is 0 Å². The van der Waals surface area contributed by atoms with Gasteiger partial charge < -0.3 is 4.43 Å². The van der Waals surface area contributed by atoms with Gasteiger partial charge in [0.15, 0.2) is 8.32 Å². The predicted octanol–water partition coefficient (Wildman–Crippen LogP) is 3.43. The van der Waals surface area contributed by atoms with Gasteiger partial charge in [-0.2, -0.15) is 10.5 Å². The van der Waals surface area contributed by atoms with Crippen molar-refractivity contribution in [3.8, 4) is 12.1 Å². The monoisotopic (exact) mass is 264 g/mol. The molecule has 1 aromatic carbocycles. The van der Waals surface area contributed by atoms with Crippen molar-refractivity contribution in [3.05, 3.63) is 34.9 Å². The first-order valence-electron chi connectivity index (χ1n) is 5.12. The van der Waals surface area contributed by atoms with E-state index in [9.17, 15) is 10.5 Å². The van der Waals surface area contributed by atoms with E-state index < -0.39 is 13.9 Å². The number of hydrogen-bond acceptors (Lipinski definition) is 3. The summed E-state index contributed by atoms with van der Waals surface area (Å²) in [5.41, 5.74) is -1.20. The number of rotatable bonds is 3. The van der Waals surface area contributed by atoms with Gasteiger partial charge in [-0.15, -0.1) is 0 Å². The van der Waals surface area contributed by atoms with Crippen LogP contribution in [0.25, 0.3) is 0 Å². The van der Waals surface area contributed by atoms with Crippen LogP contribution in [0.3, 0.4) is 0 Å². The van der Waals surface area contributed by atoms with Crippen molar-refractivity contribution in [2.45, 2.75) is 25.2 Å². The zero-order valence-electron chi connectivity index (χ0n) is 9.99. The minimum atomic E-state index is -2.04. The Morgan fingerprint density at radius 2 is 1.71 bits per heavy atom. The molecule has 17 heavy (non-hydrogen) atoms. The molecule has 0 unspecified atom stereocenters. The van der Waals surface area contributed by atoms with Crippen molar-refractivity contribution < 1.29 is 4.43 Å². The van der Waals surface area contributed by atoms with E-state index in [1.165, 1.54) is 0 Å². The molecule has 0 radical (unpaired) electrons. The Kier molecular flexibility index (Phi) is 3.95. The van der Waals surface area contributed by atoms with E-state index in [-0.39, 0.29) is 0 Å². The van der Waals surface area contributed by atoms with Crippen LogP contribution in [0, 0.1) is 22.7 Å². The number of hydrogen-bond donors (Lipinski definition) is 0. The normalized spacial score (nSPS) is 11.6. The van der Waals surface area contributed by atoms with Crippen LogP contribution in [0.5, 0.6) is 0 Å². The molecular formula is C12H13ClN2OSi. The summed E-state index contributed by atoms with van der Waals surface area (Å²) in [6.07, 6.45) is 0. The lowest BCUT2D eigenvalue weighted by Crippen LogP contribution is -2.39. The van der Waals surface area contributed by atoms with E-state index in [1.54, 1.807) is 24.3 Å². The van der Waals surface area contributed by atoms with E-state index >= 15 is 0 Å². The second kappa shape index (κ2) is 4.89. The third kappa shape index (κ3) is 3.07. The van der Waals surface area contributed by atoms with Gasteiger partial charge in [0.2, 0.25) is 0 Å². The highest BCUT2D eigenvalue weighted by Crippen LogP contribution is 2.33. The van der Waals surface area contributed by atoms with Gasteiger partial charge in [-0.05, 0) is 25.7 Å². The van der Waals surface area contributed by atoms with Gasteiger partial charge in [0.1, 0.15) is 12.1 Å². The van der Waals surface area contributed by atoms with Gasteiger partial charge in [0.05, 0.1) is 0 Å². The third-order valence-electron chi connectivity index (χ3n) is 2.03. The van der Waals surface area contributed by atoms with Crippen molar-refractivity contribution in [2.24, 2.45) is 0 Å². The van der Waals surface area contributed by atoms with Crippen LogP contribution in [-0.2, 0) is 10.0 Å². The van der Waals surface area contributed by atoms with Crippen LogP contribution in [0.15, 0.2) is 24.3 Å². The molecule has 0 saturated carbocycles. The lowest BCUT2D eigenvalue weighted by molar-refractivity contribution is 0.180. The van der Waals surface area contributed by atoms with E-state index in [0.29, 0.717) is 10.6 Å². The fraction of sp³-hybridized carbons (Fsp3) is 0.333. The van der Waals surface area contributed by atoms with Crippen LogP contribution in [0.4, 0.5) is 0 Å². The van der Waals surface area contributed by atoms with Crippen LogP contribution < -0.4 is 0 Å². The lowest BCUT2D eigenvalue weighted by atomic mass is 9.97. The summed E-state index contributed by atoms with van der Waals surface area (Å²) in [6.45, 7) is 5.77. The second-order valence-electron chi connectivity index (χ2n) is 4.60. The molecule has 1 rings (SSSR count). The third-order valence-corrected chi connectivity index (χ3v) is 3.28. The minimum Gasteiger partial charge on any atom is -0.386 e. The number of benzene rings is 1. The van der Waals surface area contributed by atoms with Crippen molar-refractivity contribution in [1.29, 1.82) is 10.5 Å². The average Bonchev–Trinajstić information content (AvgIpc) is 2.25. The number of halogens is 1. The molecule has 0 aliphatic heterocycles. The maximum Gasteiger partial charge on any atom is 0.259 e. The average molecular weight is 265 g/mol. The van der Waals surface area contributed by atoms with Gasteiger partial charge in [-0.1, -0.05) is 29.8 Å². The van der Waals surface area contributed by atoms with Gasteiger partial charge in [-0.25, -0.2) is 0 Å². The summed E-state index contributed by atoms with van der Waals surface area (Å²) in [7, 11) is -2.04. The lowest BCUT2D eigenvalue weighted by Gasteiger charge is -2.28. The first-order chi connectivity index (χ1) is 7.84. The number of nitrogens with zero attached hydrogens (tertiary/aromatic N) is 2. The van der Waals surface area contributed by atoms with Crippen molar-refractivity contribution in [2.75, 3.05) is 0 Å². The quantitative estimate of drug-likeness (QED) is 0.786. The molecule has 0 aromatic heterocycles. The Balaban J connectivity index is 3.34. The Labute approximate surface area is 107 Å². The van der Waals surface area contributed by atoms with Crippen molar-refractivity contribution in [1.82, 2.24) is 0 Å². The summed E-state index contributed by atoms with van der Waals surface area (Å²) in [4.78, 5) is 0. The molecule has 5 heteroatoms.